The molecule has 1 fully saturated rings. The molecule has 1 saturated carbocycles. The Bertz CT molecular complexity index is 621. The van der Waals surface area contributed by atoms with Crippen LogP contribution < -0.4 is 5.32 Å². The molecule has 1 unspecified atom stereocenters. The topological polar surface area (TPSA) is 84.2 Å². The summed E-state index contributed by atoms with van der Waals surface area (Å²) in [4.78, 5) is 23.3. The Morgan fingerprint density at radius 2 is 2.04 bits per heavy atom. The van der Waals surface area contributed by atoms with E-state index in [-0.39, 0.29) is 17.4 Å². The Labute approximate surface area is 137 Å². The van der Waals surface area contributed by atoms with Crippen molar-refractivity contribution in [1.82, 2.24) is 15.1 Å². The summed E-state index contributed by atoms with van der Waals surface area (Å²) in [5.41, 5.74) is 0.837. The molecule has 24 heavy (non-hydrogen) atoms. The predicted molar refractivity (Wildman–Crippen MR) is 78.6 cm³/mol. The van der Waals surface area contributed by atoms with Gasteiger partial charge in [0.1, 0.15) is 6.04 Å². The lowest BCUT2D eigenvalue weighted by molar-refractivity contribution is -0.157. The van der Waals surface area contributed by atoms with Crippen molar-refractivity contribution in [2.45, 2.75) is 57.8 Å². The van der Waals surface area contributed by atoms with Crippen LogP contribution in [0.5, 0.6) is 0 Å². The molecule has 0 bridgehead atoms. The Morgan fingerprint density at radius 1 is 1.42 bits per heavy atom. The van der Waals surface area contributed by atoms with Crippen LogP contribution in [0.3, 0.4) is 0 Å². The Balaban J connectivity index is 2.19. The van der Waals surface area contributed by atoms with E-state index in [2.05, 4.69) is 5.10 Å². The molecule has 134 valence electrons. The SMILES string of the molecule is CC(C)Cn1ncc(C(=O)NC(CC(F)(F)F)C(=O)O)c1C1CC1. The summed E-state index contributed by atoms with van der Waals surface area (Å²) in [5.74, 6) is -2.11. The Kier molecular flexibility index (Phi) is 5.19. The van der Waals surface area contributed by atoms with E-state index in [9.17, 15) is 22.8 Å². The third kappa shape index (κ3) is 4.72. The zero-order valence-electron chi connectivity index (χ0n) is 13.4. The van der Waals surface area contributed by atoms with Crippen LogP contribution in [0.1, 0.15) is 55.1 Å². The highest BCUT2D eigenvalue weighted by Gasteiger charge is 2.38. The van der Waals surface area contributed by atoms with Crippen molar-refractivity contribution in [3.63, 3.8) is 0 Å². The zero-order chi connectivity index (χ0) is 18.1. The van der Waals surface area contributed by atoms with Gasteiger partial charge in [-0.15, -0.1) is 0 Å². The number of nitrogens with one attached hydrogen (secondary N) is 1. The van der Waals surface area contributed by atoms with Crippen molar-refractivity contribution >= 4 is 11.9 Å². The van der Waals surface area contributed by atoms with Gasteiger partial charge in [-0.05, 0) is 18.8 Å². The number of hydrogen-bond donors (Lipinski definition) is 2. The molecule has 6 nitrogen and oxygen atoms in total. The smallest absolute Gasteiger partial charge is 0.391 e. The molecular weight excluding hydrogens is 327 g/mol. The van der Waals surface area contributed by atoms with Crippen LogP contribution >= 0.6 is 0 Å². The van der Waals surface area contributed by atoms with E-state index in [1.54, 1.807) is 4.68 Å². The summed E-state index contributed by atoms with van der Waals surface area (Å²) in [7, 11) is 0. The highest BCUT2D eigenvalue weighted by Crippen LogP contribution is 2.41. The van der Waals surface area contributed by atoms with E-state index in [1.165, 1.54) is 6.20 Å². The van der Waals surface area contributed by atoms with E-state index in [1.807, 2.05) is 19.2 Å². The molecule has 1 aromatic rings. The minimum absolute atomic E-state index is 0.151. The van der Waals surface area contributed by atoms with E-state index in [0.717, 1.165) is 12.8 Å². The molecule has 1 amide bonds. The normalized spacial score (nSPS) is 16.2. The van der Waals surface area contributed by atoms with Crippen LogP contribution in [-0.4, -0.2) is 39.0 Å². The molecule has 0 spiro atoms. The highest BCUT2D eigenvalue weighted by molar-refractivity contribution is 5.97. The molecule has 1 aliphatic carbocycles. The van der Waals surface area contributed by atoms with Gasteiger partial charge in [-0.3, -0.25) is 9.48 Å². The molecule has 9 heteroatoms. The van der Waals surface area contributed by atoms with Gasteiger partial charge < -0.3 is 10.4 Å². The molecule has 0 aliphatic heterocycles. The van der Waals surface area contributed by atoms with E-state index in [4.69, 9.17) is 5.11 Å². The van der Waals surface area contributed by atoms with Crippen LogP contribution in [0.4, 0.5) is 13.2 Å². The van der Waals surface area contributed by atoms with Gasteiger partial charge in [0, 0.05) is 12.5 Å². The van der Waals surface area contributed by atoms with Crippen LogP contribution in [-0.2, 0) is 11.3 Å². The number of hydrogen-bond acceptors (Lipinski definition) is 3. The lowest BCUT2D eigenvalue weighted by Crippen LogP contribution is -2.43. The first kappa shape index (κ1) is 18.3. The molecule has 0 aromatic carbocycles. The molecule has 0 radical (unpaired) electrons. The average molecular weight is 347 g/mol. The van der Waals surface area contributed by atoms with E-state index in [0.29, 0.717) is 12.2 Å². The monoisotopic (exact) mass is 347 g/mol. The summed E-state index contributed by atoms with van der Waals surface area (Å²) >= 11 is 0. The van der Waals surface area contributed by atoms with Crippen molar-refractivity contribution in [2.24, 2.45) is 5.92 Å². The van der Waals surface area contributed by atoms with Gasteiger partial charge in [-0.2, -0.15) is 18.3 Å². The largest absolute Gasteiger partial charge is 0.480 e. The molecule has 2 N–H and O–H groups in total. The number of aromatic nitrogens is 2. The number of rotatable bonds is 7. The van der Waals surface area contributed by atoms with E-state index < -0.39 is 30.5 Å². The number of halogens is 3. The van der Waals surface area contributed by atoms with Crippen LogP contribution in [0.2, 0.25) is 0 Å². The summed E-state index contributed by atoms with van der Waals surface area (Å²) in [5, 5.41) is 15.0. The van der Waals surface area contributed by atoms with Gasteiger partial charge in [0.05, 0.1) is 23.9 Å². The van der Waals surface area contributed by atoms with Gasteiger partial charge in [-0.25, -0.2) is 4.79 Å². The second-order valence-electron chi connectivity index (χ2n) is 6.48. The molecular formula is C15H20F3N3O3. The maximum Gasteiger partial charge on any atom is 0.391 e. The van der Waals surface area contributed by atoms with Crippen LogP contribution in [0.15, 0.2) is 6.20 Å². The second kappa shape index (κ2) is 6.82. The zero-order valence-corrected chi connectivity index (χ0v) is 13.4. The molecule has 2 rings (SSSR count). The molecule has 1 aliphatic rings. The Hall–Kier alpha value is -2.06. The third-order valence-electron chi connectivity index (χ3n) is 3.67. The van der Waals surface area contributed by atoms with Crippen molar-refractivity contribution in [2.75, 3.05) is 0 Å². The molecule has 0 saturated heterocycles. The first-order chi connectivity index (χ1) is 11.1. The van der Waals surface area contributed by atoms with Gasteiger partial charge >= 0.3 is 12.1 Å². The molecule has 1 heterocycles. The molecule has 1 aromatic heterocycles. The maximum absolute atomic E-state index is 12.5. The van der Waals surface area contributed by atoms with Crippen LogP contribution in [0.25, 0.3) is 0 Å². The van der Waals surface area contributed by atoms with Crippen molar-refractivity contribution in [3.05, 3.63) is 17.5 Å². The summed E-state index contributed by atoms with van der Waals surface area (Å²) < 4.78 is 39.0. The highest BCUT2D eigenvalue weighted by atomic mass is 19.4. The minimum Gasteiger partial charge on any atom is -0.480 e. The standard InChI is InChI=1S/C15H20F3N3O3/c1-8(2)7-21-12(9-3-4-9)10(6-19-21)13(22)20-11(14(23)24)5-15(16,17)18/h6,8-9,11H,3-5,7H2,1-2H3,(H,20,22)(H,23,24). The van der Waals surface area contributed by atoms with Crippen molar-refractivity contribution in [1.29, 1.82) is 0 Å². The summed E-state index contributed by atoms with van der Waals surface area (Å²) in [6, 6.07) is -2.02. The fraction of sp³-hybridized carbons (Fsp3) is 0.667. The van der Waals surface area contributed by atoms with Gasteiger partial charge in [-0.1, -0.05) is 13.8 Å². The number of carboxylic acid groups (broad SMARTS) is 1. The number of alkyl halides is 3. The summed E-state index contributed by atoms with van der Waals surface area (Å²) in [6.07, 6.45) is -3.23. The first-order valence-electron chi connectivity index (χ1n) is 7.74. The van der Waals surface area contributed by atoms with Crippen LogP contribution in [0, 0.1) is 5.92 Å². The maximum atomic E-state index is 12.5. The number of carbonyl (C=O) groups excluding carboxylic acids is 1. The first-order valence-corrected chi connectivity index (χ1v) is 7.74. The number of nitrogens with zero attached hydrogens (tertiary/aromatic N) is 2. The van der Waals surface area contributed by atoms with Crippen molar-refractivity contribution in [3.8, 4) is 0 Å². The minimum atomic E-state index is -4.68. The van der Waals surface area contributed by atoms with E-state index >= 15 is 0 Å². The average Bonchev–Trinajstić information content (AvgIpc) is 3.17. The van der Waals surface area contributed by atoms with Crippen molar-refractivity contribution < 1.29 is 27.9 Å². The lowest BCUT2D eigenvalue weighted by atomic mass is 10.1. The van der Waals surface area contributed by atoms with Gasteiger partial charge in [0.15, 0.2) is 0 Å². The second-order valence-corrected chi connectivity index (χ2v) is 6.48. The quantitative estimate of drug-likeness (QED) is 0.794. The number of amides is 1. The lowest BCUT2D eigenvalue weighted by Gasteiger charge is -2.17. The third-order valence-corrected chi connectivity index (χ3v) is 3.67. The Morgan fingerprint density at radius 3 is 2.50 bits per heavy atom. The number of aliphatic carboxylic acids is 1. The number of carboxylic acids is 1. The fourth-order valence-electron chi connectivity index (χ4n) is 2.52. The van der Waals surface area contributed by atoms with Gasteiger partial charge in [0.25, 0.3) is 5.91 Å². The fourth-order valence-corrected chi connectivity index (χ4v) is 2.52. The van der Waals surface area contributed by atoms with Gasteiger partial charge in [0.2, 0.25) is 0 Å². The predicted octanol–water partition coefficient (Wildman–Crippen LogP) is 2.55. The molecule has 1 atom stereocenters. The number of carbonyl (C=O) groups is 2. The summed E-state index contributed by atoms with van der Waals surface area (Å²) in [6.45, 7) is 4.56.